The highest BCUT2D eigenvalue weighted by Gasteiger charge is 2.40. The second-order valence-corrected chi connectivity index (χ2v) is 9.00. The molecule has 0 N–H and O–H groups in total. The summed E-state index contributed by atoms with van der Waals surface area (Å²) < 4.78 is 42.8. The van der Waals surface area contributed by atoms with E-state index >= 15 is 0 Å². The highest BCUT2D eigenvalue weighted by molar-refractivity contribution is 7.89. The topological polar surface area (TPSA) is 63.7 Å². The molecule has 108 valence electrons. The van der Waals surface area contributed by atoms with E-state index in [9.17, 15) is 12.6 Å². The molecule has 1 rings (SSSR count). The third-order valence-electron chi connectivity index (χ3n) is 2.84. The van der Waals surface area contributed by atoms with Crippen molar-refractivity contribution in [3.05, 3.63) is 0 Å². The molecule has 5 nitrogen and oxygen atoms in total. The van der Waals surface area contributed by atoms with Gasteiger partial charge in [-0.15, -0.1) is 0 Å². The largest absolute Gasteiger partial charge is 0.378 e. The summed E-state index contributed by atoms with van der Waals surface area (Å²) in [5.74, 6) is 0.812. The fraction of sp³-hybridized carbons (Fsp3) is 1.00. The van der Waals surface area contributed by atoms with Crippen LogP contribution < -0.4 is 0 Å². The van der Waals surface area contributed by atoms with Crippen LogP contribution in [0.2, 0.25) is 0 Å². The second-order valence-electron chi connectivity index (χ2n) is 5.41. The number of hydrogen-bond acceptors (Lipinski definition) is 4. The van der Waals surface area contributed by atoms with Crippen LogP contribution in [0.15, 0.2) is 0 Å². The normalized spacial score (nSPS) is 25.5. The minimum absolute atomic E-state index is 0.0127. The summed E-state index contributed by atoms with van der Waals surface area (Å²) in [5.41, 5.74) is -0.570. The van der Waals surface area contributed by atoms with Crippen LogP contribution >= 0.6 is 0 Å². The van der Waals surface area contributed by atoms with Crippen molar-refractivity contribution >= 4 is 20.8 Å². The van der Waals surface area contributed by atoms with Gasteiger partial charge in [0, 0.05) is 34.4 Å². The molecular formula is C11H23NO4S2. The first-order valence-electron chi connectivity index (χ1n) is 6.12. The van der Waals surface area contributed by atoms with Gasteiger partial charge in [-0.1, -0.05) is 0 Å². The van der Waals surface area contributed by atoms with Gasteiger partial charge in [-0.2, -0.15) is 4.31 Å². The van der Waals surface area contributed by atoms with Gasteiger partial charge in [0.25, 0.3) is 0 Å². The van der Waals surface area contributed by atoms with E-state index < -0.39 is 26.4 Å². The van der Waals surface area contributed by atoms with E-state index in [1.165, 1.54) is 4.31 Å². The van der Waals surface area contributed by atoms with Crippen LogP contribution in [0.4, 0.5) is 0 Å². The Labute approximate surface area is 112 Å². The maximum absolute atomic E-state index is 12.2. The smallest absolute Gasteiger partial charge is 0.216 e. The molecule has 0 spiro atoms. The van der Waals surface area contributed by atoms with Gasteiger partial charge in [0.15, 0.2) is 0 Å². The molecular weight excluding hydrogens is 274 g/mol. The predicted molar refractivity (Wildman–Crippen MR) is 73.5 cm³/mol. The molecule has 0 aromatic rings. The lowest BCUT2D eigenvalue weighted by Gasteiger charge is -2.40. The number of nitrogens with zero attached hydrogens (tertiary/aromatic N) is 1. The lowest BCUT2D eigenvalue weighted by Crippen LogP contribution is -2.56. The molecule has 1 saturated heterocycles. The van der Waals surface area contributed by atoms with Crippen LogP contribution in [-0.4, -0.2) is 59.0 Å². The SMILES string of the molecule is CC(C)OCCS(=O)(=O)N1CC[S@](=O)CC1(C)C. The zero-order valence-corrected chi connectivity index (χ0v) is 13.1. The van der Waals surface area contributed by atoms with Gasteiger partial charge in [-0.05, 0) is 27.7 Å². The minimum Gasteiger partial charge on any atom is -0.378 e. The summed E-state index contributed by atoms with van der Waals surface area (Å²) in [6.07, 6.45) is 0.0297. The first kappa shape index (κ1) is 16.1. The zero-order chi connectivity index (χ0) is 14.0. The summed E-state index contributed by atoms with van der Waals surface area (Å²) >= 11 is 0. The average Bonchev–Trinajstić information content (AvgIpc) is 2.13. The average molecular weight is 297 g/mol. The Hall–Kier alpha value is 0.0200. The zero-order valence-electron chi connectivity index (χ0n) is 11.5. The quantitative estimate of drug-likeness (QED) is 0.745. The van der Waals surface area contributed by atoms with Crippen LogP contribution in [0.5, 0.6) is 0 Å². The third-order valence-corrected chi connectivity index (χ3v) is 6.54. The fourth-order valence-corrected chi connectivity index (χ4v) is 5.43. The van der Waals surface area contributed by atoms with Gasteiger partial charge in [0.1, 0.15) is 0 Å². The van der Waals surface area contributed by atoms with E-state index in [-0.39, 0.29) is 18.5 Å². The fourth-order valence-electron chi connectivity index (χ4n) is 2.04. The predicted octanol–water partition coefficient (Wildman–Crippen LogP) is 0.584. The molecule has 1 aliphatic heterocycles. The van der Waals surface area contributed by atoms with Crippen molar-refractivity contribution in [1.29, 1.82) is 0 Å². The monoisotopic (exact) mass is 297 g/mol. The second kappa shape index (κ2) is 5.98. The molecule has 0 unspecified atom stereocenters. The molecule has 0 aliphatic carbocycles. The van der Waals surface area contributed by atoms with Crippen molar-refractivity contribution in [2.45, 2.75) is 39.3 Å². The van der Waals surface area contributed by atoms with Gasteiger partial charge in [0.2, 0.25) is 10.0 Å². The molecule has 1 aliphatic rings. The van der Waals surface area contributed by atoms with Gasteiger partial charge >= 0.3 is 0 Å². The minimum atomic E-state index is -3.34. The Morgan fingerprint density at radius 2 is 2.00 bits per heavy atom. The van der Waals surface area contributed by atoms with E-state index in [1.807, 2.05) is 27.7 Å². The summed E-state index contributed by atoms with van der Waals surface area (Å²) in [7, 11) is -4.25. The third kappa shape index (κ3) is 4.29. The summed E-state index contributed by atoms with van der Waals surface area (Å²) in [4.78, 5) is 0. The Morgan fingerprint density at radius 1 is 1.39 bits per heavy atom. The Kier molecular flexibility index (Phi) is 5.34. The lowest BCUT2D eigenvalue weighted by molar-refractivity contribution is 0.0902. The first-order valence-corrected chi connectivity index (χ1v) is 9.22. The number of hydrogen-bond donors (Lipinski definition) is 0. The molecule has 7 heteroatoms. The Morgan fingerprint density at radius 3 is 2.50 bits per heavy atom. The van der Waals surface area contributed by atoms with Gasteiger partial charge < -0.3 is 4.74 Å². The van der Waals surface area contributed by atoms with Crippen LogP contribution in [-0.2, 0) is 25.6 Å². The summed E-state index contributed by atoms with van der Waals surface area (Å²) in [6, 6.07) is 0. The highest BCUT2D eigenvalue weighted by Crippen LogP contribution is 2.24. The van der Waals surface area contributed by atoms with Crippen LogP contribution in [0.25, 0.3) is 0 Å². The highest BCUT2D eigenvalue weighted by atomic mass is 32.2. The van der Waals surface area contributed by atoms with E-state index in [2.05, 4.69) is 0 Å². The van der Waals surface area contributed by atoms with Crippen molar-refractivity contribution < 1.29 is 17.4 Å². The molecule has 0 amide bonds. The maximum Gasteiger partial charge on any atom is 0.216 e. The molecule has 0 bridgehead atoms. The molecule has 1 heterocycles. The van der Waals surface area contributed by atoms with Gasteiger partial charge in [-0.3, -0.25) is 4.21 Å². The van der Waals surface area contributed by atoms with Gasteiger partial charge in [0.05, 0.1) is 18.5 Å². The molecule has 0 aromatic heterocycles. The lowest BCUT2D eigenvalue weighted by atomic mass is 10.1. The standard InChI is InChI=1S/C11H23NO4S2/c1-10(2)16-6-8-18(14,15)12-5-7-17(13)9-11(12,3)4/h10H,5-9H2,1-4H3/t17-/m0/s1. The van der Waals surface area contributed by atoms with E-state index in [0.29, 0.717) is 18.1 Å². The summed E-state index contributed by atoms with van der Waals surface area (Å²) in [6.45, 7) is 7.94. The van der Waals surface area contributed by atoms with Crippen LogP contribution in [0, 0.1) is 0 Å². The van der Waals surface area contributed by atoms with Crippen molar-refractivity contribution in [1.82, 2.24) is 4.31 Å². The number of ether oxygens (including phenoxy) is 1. The van der Waals surface area contributed by atoms with E-state index in [0.717, 1.165) is 0 Å². The maximum atomic E-state index is 12.2. The Balaban J connectivity index is 2.69. The van der Waals surface area contributed by atoms with Gasteiger partial charge in [-0.25, -0.2) is 8.42 Å². The van der Waals surface area contributed by atoms with Crippen molar-refractivity contribution in [3.8, 4) is 0 Å². The van der Waals surface area contributed by atoms with Crippen molar-refractivity contribution in [2.75, 3.05) is 30.4 Å². The van der Waals surface area contributed by atoms with Crippen molar-refractivity contribution in [3.63, 3.8) is 0 Å². The Bertz CT molecular complexity index is 403. The summed E-state index contributed by atoms with van der Waals surface area (Å²) in [5, 5.41) is 0. The molecule has 0 radical (unpaired) electrons. The van der Waals surface area contributed by atoms with E-state index in [4.69, 9.17) is 4.74 Å². The number of sulfonamides is 1. The van der Waals surface area contributed by atoms with Crippen LogP contribution in [0.1, 0.15) is 27.7 Å². The number of rotatable bonds is 5. The molecule has 0 aromatic carbocycles. The molecule has 1 fully saturated rings. The molecule has 0 saturated carbocycles. The molecule has 1 atom stereocenters. The van der Waals surface area contributed by atoms with Crippen LogP contribution in [0.3, 0.4) is 0 Å². The van der Waals surface area contributed by atoms with E-state index in [1.54, 1.807) is 0 Å². The van der Waals surface area contributed by atoms with Crippen molar-refractivity contribution in [2.24, 2.45) is 0 Å². The molecule has 18 heavy (non-hydrogen) atoms. The first-order chi connectivity index (χ1) is 8.15.